The molecule has 0 unspecified atom stereocenters. The van der Waals surface area contributed by atoms with Crippen molar-refractivity contribution in [2.75, 3.05) is 15.4 Å². The second-order valence-electron chi connectivity index (χ2n) is 6.27. The van der Waals surface area contributed by atoms with Gasteiger partial charge in [-0.2, -0.15) is 0 Å². The maximum absolute atomic E-state index is 12.5. The van der Waals surface area contributed by atoms with E-state index in [-0.39, 0.29) is 15.9 Å². The van der Waals surface area contributed by atoms with Crippen molar-refractivity contribution in [3.05, 3.63) is 70.9 Å². The van der Waals surface area contributed by atoms with Crippen LogP contribution in [0.25, 0.3) is 0 Å². The first kappa shape index (κ1) is 21.0. The Kier molecular flexibility index (Phi) is 6.31. The molecule has 0 aliphatic carbocycles. The van der Waals surface area contributed by atoms with Crippen molar-refractivity contribution in [3.63, 3.8) is 0 Å². The van der Waals surface area contributed by atoms with Crippen LogP contribution in [0.1, 0.15) is 11.1 Å². The van der Waals surface area contributed by atoms with Crippen LogP contribution < -0.4 is 15.4 Å². The van der Waals surface area contributed by atoms with Gasteiger partial charge >= 0.3 is 0 Å². The van der Waals surface area contributed by atoms with Crippen molar-refractivity contribution >= 4 is 56.1 Å². The van der Waals surface area contributed by atoms with Gasteiger partial charge in [0, 0.05) is 11.4 Å². The largest absolute Gasteiger partial charge is 0.332 e. The number of rotatable bonds is 5. The number of thiocarbonyl (C=S) groups is 1. The molecule has 10 heteroatoms. The molecule has 0 saturated heterocycles. The maximum atomic E-state index is 12.5. The quantitative estimate of drug-likeness (QED) is 0.500. The lowest BCUT2D eigenvalue weighted by Gasteiger charge is -2.13. The molecule has 3 aromatic rings. The lowest BCUT2D eigenvalue weighted by atomic mass is 10.1. The van der Waals surface area contributed by atoms with Crippen LogP contribution in [0.3, 0.4) is 0 Å². The van der Waals surface area contributed by atoms with Gasteiger partial charge in [0.2, 0.25) is 0 Å². The van der Waals surface area contributed by atoms with Crippen LogP contribution >= 0.6 is 23.8 Å². The van der Waals surface area contributed by atoms with E-state index < -0.39 is 10.0 Å². The second-order valence-corrected chi connectivity index (χ2v) is 8.75. The minimum atomic E-state index is -3.80. The number of nitrogens with zero attached hydrogens (tertiary/aromatic N) is 2. The van der Waals surface area contributed by atoms with E-state index in [9.17, 15) is 8.42 Å². The van der Waals surface area contributed by atoms with Gasteiger partial charge in [0.05, 0.1) is 4.90 Å². The molecule has 0 bridgehead atoms. The van der Waals surface area contributed by atoms with Crippen molar-refractivity contribution < 1.29 is 8.42 Å². The second kappa shape index (κ2) is 8.73. The average Bonchev–Trinajstić information content (AvgIpc) is 2.67. The monoisotopic (exact) mass is 447 g/mol. The summed E-state index contributed by atoms with van der Waals surface area (Å²) in [6.07, 6.45) is 0. The molecule has 7 nitrogen and oxygen atoms in total. The Labute approximate surface area is 179 Å². The Bertz CT molecular complexity index is 1130. The molecule has 0 saturated carbocycles. The van der Waals surface area contributed by atoms with Crippen molar-refractivity contribution in [2.45, 2.75) is 18.7 Å². The summed E-state index contributed by atoms with van der Waals surface area (Å²) >= 11 is 11.0. The van der Waals surface area contributed by atoms with Crippen molar-refractivity contribution in [2.24, 2.45) is 0 Å². The Balaban J connectivity index is 1.67. The van der Waals surface area contributed by atoms with Gasteiger partial charge in [0.15, 0.2) is 16.1 Å². The zero-order valence-corrected chi connectivity index (χ0v) is 18.0. The number of hydrogen-bond donors (Lipinski definition) is 3. The molecule has 0 fully saturated rings. The minimum absolute atomic E-state index is 0.0770. The fraction of sp³-hybridized carbons (Fsp3) is 0.105. The first-order chi connectivity index (χ1) is 13.7. The van der Waals surface area contributed by atoms with E-state index in [1.54, 1.807) is 12.1 Å². The Morgan fingerprint density at radius 2 is 1.69 bits per heavy atom. The number of aryl methyl sites for hydroxylation is 2. The van der Waals surface area contributed by atoms with Gasteiger partial charge in [-0.3, -0.25) is 4.72 Å². The Hall–Kier alpha value is -2.75. The van der Waals surface area contributed by atoms with Gasteiger partial charge in [-0.1, -0.05) is 23.7 Å². The van der Waals surface area contributed by atoms with Gasteiger partial charge < -0.3 is 10.6 Å². The Morgan fingerprint density at radius 3 is 2.34 bits per heavy atom. The normalized spacial score (nSPS) is 11.0. The van der Waals surface area contributed by atoms with Crippen LogP contribution in [0.5, 0.6) is 0 Å². The molecule has 0 aliphatic rings. The molecule has 3 N–H and O–H groups in total. The highest BCUT2D eigenvalue weighted by Gasteiger charge is 2.15. The van der Waals surface area contributed by atoms with Gasteiger partial charge in [-0.15, -0.1) is 10.2 Å². The third-order valence-electron chi connectivity index (χ3n) is 3.93. The highest BCUT2D eigenvalue weighted by molar-refractivity contribution is 7.92. The summed E-state index contributed by atoms with van der Waals surface area (Å²) in [4.78, 5) is 0.0770. The number of aromatic nitrogens is 2. The van der Waals surface area contributed by atoms with E-state index >= 15 is 0 Å². The molecule has 0 aliphatic heterocycles. The predicted octanol–water partition coefficient (Wildman–Crippen LogP) is 4.36. The molecular weight excluding hydrogens is 430 g/mol. The fourth-order valence-electron chi connectivity index (χ4n) is 2.44. The van der Waals surface area contributed by atoms with E-state index in [4.69, 9.17) is 23.8 Å². The van der Waals surface area contributed by atoms with Crippen molar-refractivity contribution in [1.82, 2.24) is 10.2 Å². The van der Waals surface area contributed by atoms with Crippen LogP contribution in [0, 0.1) is 13.8 Å². The van der Waals surface area contributed by atoms with Crippen LogP contribution in [0.2, 0.25) is 5.15 Å². The fourth-order valence-corrected chi connectivity index (χ4v) is 3.76. The summed E-state index contributed by atoms with van der Waals surface area (Å²) in [5.74, 6) is 0.0792. The topological polar surface area (TPSA) is 96.0 Å². The van der Waals surface area contributed by atoms with Crippen LogP contribution in [0.15, 0.2) is 59.5 Å². The smallest absolute Gasteiger partial charge is 0.263 e. The number of halogens is 1. The van der Waals surface area contributed by atoms with Crippen LogP contribution in [0.4, 0.5) is 17.2 Å². The molecule has 2 aromatic carbocycles. The van der Waals surface area contributed by atoms with Gasteiger partial charge in [0.25, 0.3) is 10.0 Å². The third-order valence-corrected chi connectivity index (χ3v) is 5.71. The van der Waals surface area contributed by atoms with E-state index in [0.29, 0.717) is 10.8 Å². The van der Waals surface area contributed by atoms with E-state index in [1.165, 1.54) is 24.3 Å². The number of benzene rings is 2. The van der Waals surface area contributed by atoms with Crippen molar-refractivity contribution in [3.8, 4) is 0 Å². The number of anilines is 3. The van der Waals surface area contributed by atoms with Crippen LogP contribution in [-0.2, 0) is 10.0 Å². The Morgan fingerprint density at radius 1 is 0.966 bits per heavy atom. The molecule has 1 heterocycles. The first-order valence-corrected chi connectivity index (χ1v) is 10.8. The maximum Gasteiger partial charge on any atom is 0.263 e. The van der Waals surface area contributed by atoms with Crippen molar-refractivity contribution in [1.29, 1.82) is 0 Å². The molecule has 1 aromatic heterocycles. The number of hydrogen-bond acceptors (Lipinski definition) is 5. The highest BCUT2D eigenvalue weighted by Crippen LogP contribution is 2.19. The van der Waals surface area contributed by atoms with E-state index in [0.717, 1.165) is 16.8 Å². The van der Waals surface area contributed by atoms with E-state index in [1.807, 2.05) is 32.0 Å². The SMILES string of the molecule is Cc1ccc(C)c(NC(=S)Nc2ccc(S(=O)(=O)Nc3ccc(Cl)nn3)cc2)c1. The molecule has 0 amide bonds. The summed E-state index contributed by atoms with van der Waals surface area (Å²) in [6, 6.07) is 15.1. The van der Waals surface area contributed by atoms with E-state index in [2.05, 4.69) is 25.6 Å². The summed E-state index contributed by atoms with van der Waals surface area (Å²) < 4.78 is 27.3. The minimum Gasteiger partial charge on any atom is -0.332 e. The predicted molar refractivity (Wildman–Crippen MR) is 120 cm³/mol. The molecule has 0 atom stereocenters. The number of sulfonamides is 1. The molecule has 0 spiro atoms. The summed E-state index contributed by atoms with van der Waals surface area (Å²) in [5, 5.41) is 14.1. The standard InChI is InChI=1S/C19H18ClN5O2S2/c1-12-3-4-13(2)16(11-12)22-19(28)21-14-5-7-15(8-6-14)29(26,27)25-18-10-9-17(20)23-24-18/h3-11H,1-2H3,(H,24,25)(H2,21,22,28). The molecule has 3 rings (SSSR count). The average molecular weight is 448 g/mol. The lowest BCUT2D eigenvalue weighted by molar-refractivity contribution is 0.601. The molecule has 0 radical (unpaired) electrons. The van der Waals surface area contributed by atoms with Gasteiger partial charge in [-0.05, 0) is 79.7 Å². The first-order valence-electron chi connectivity index (χ1n) is 8.50. The molecular formula is C19H18ClN5O2S2. The summed E-state index contributed by atoms with van der Waals surface area (Å²) in [6.45, 7) is 3.99. The zero-order valence-electron chi connectivity index (χ0n) is 15.6. The van der Waals surface area contributed by atoms with Gasteiger partial charge in [0.1, 0.15) is 0 Å². The molecule has 29 heavy (non-hydrogen) atoms. The third kappa shape index (κ3) is 5.63. The van der Waals surface area contributed by atoms with Crippen LogP contribution in [-0.4, -0.2) is 23.7 Å². The lowest BCUT2D eigenvalue weighted by Crippen LogP contribution is -2.20. The summed E-state index contributed by atoms with van der Waals surface area (Å²) in [7, 11) is -3.80. The molecule has 150 valence electrons. The highest BCUT2D eigenvalue weighted by atomic mass is 35.5. The zero-order chi connectivity index (χ0) is 21.0. The number of nitrogens with one attached hydrogen (secondary N) is 3. The summed E-state index contributed by atoms with van der Waals surface area (Å²) in [5.41, 5.74) is 3.75. The van der Waals surface area contributed by atoms with Gasteiger partial charge in [-0.25, -0.2) is 8.42 Å².